The second-order valence-electron chi connectivity index (χ2n) is 5.07. The maximum Gasteiger partial charge on any atom is 0.308 e. The zero-order chi connectivity index (χ0) is 18.7. The normalized spacial score (nSPS) is 11.8. The molecule has 0 N–H and O–H groups in total. The van der Waals surface area contributed by atoms with E-state index in [0.717, 1.165) is 0 Å². The molecule has 7 nitrogen and oxygen atoms in total. The van der Waals surface area contributed by atoms with E-state index in [0.29, 0.717) is 15.7 Å². The Labute approximate surface area is 148 Å². The minimum absolute atomic E-state index is 0.0977. The summed E-state index contributed by atoms with van der Waals surface area (Å²) >= 11 is -1.26. The van der Waals surface area contributed by atoms with Crippen molar-refractivity contribution in [3.8, 4) is 23.0 Å². The SMILES string of the molecule is COc1c(OC)c(OC(C)=O)c2cc([S+](C)[O-])ccc2c1OC(C)=O. The van der Waals surface area contributed by atoms with Crippen LogP contribution in [-0.4, -0.2) is 37.0 Å². The Kier molecular flexibility index (Phi) is 5.76. The van der Waals surface area contributed by atoms with Crippen LogP contribution in [0.4, 0.5) is 0 Å². The van der Waals surface area contributed by atoms with Gasteiger partial charge in [-0.3, -0.25) is 9.59 Å². The van der Waals surface area contributed by atoms with E-state index in [2.05, 4.69) is 0 Å². The van der Waals surface area contributed by atoms with Crippen LogP contribution in [0, 0.1) is 0 Å². The third-order valence-corrected chi connectivity index (χ3v) is 4.25. The van der Waals surface area contributed by atoms with E-state index in [1.165, 1.54) is 34.3 Å². The maximum absolute atomic E-state index is 11.8. The van der Waals surface area contributed by atoms with Crippen LogP contribution in [-0.2, 0) is 20.8 Å². The molecule has 0 aliphatic heterocycles. The maximum atomic E-state index is 11.8. The molecular formula is C17H18O7S. The first-order valence-corrected chi connectivity index (χ1v) is 8.77. The standard InChI is InChI=1S/C17H18O7S/c1-9(18)23-14-12-7-6-11(25(5)20)8-13(12)15(24-10(2)19)17(22-4)16(14)21-3/h6-8H,1-5H3. The van der Waals surface area contributed by atoms with Crippen LogP contribution in [0.3, 0.4) is 0 Å². The van der Waals surface area contributed by atoms with Crippen molar-refractivity contribution in [2.24, 2.45) is 0 Å². The lowest BCUT2D eigenvalue weighted by Crippen LogP contribution is -2.09. The third kappa shape index (κ3) is 3.80. The lowest BCUT2D eigenvalue weighted by Gasteiger charge is -2.19. The predicted molar refractivity (Wildman–Crippen MR) is 92.0 cm³/mol. The Balaban J connectivity index is 2.95. The number of hydrogen-bond acceptors (Lipinski definition) is 7. The fourth-order valence-corrected chi connectivity index (χ4v) is 2.94. The zero-order valence-corrected chi connectivity index (χ0v) is 15.3. The summed E-state index contributed by atoms with van der Waals surface area (Å²) in [6.07, 6.45) is 1.53. The molecule has 0 fully saturated rings. The van der Waals surface area contributed by atoms with E-state index in [1.807, 2.05) is 0 Å². The summed E-state index contributed by atoms with van der Waals surface area (Å²) in [5, 5.41) is 0.870. The quantitative estimate of drug-likeness (QED) is 0.456. The summed E-state index contributed by atoms with van der Waals surface area (Å²) in [5.74, 6) is -0.668. The van der Waals surface area contributed by atoms with Gasteiger partial charge >= 0.3 is 11.9 Å². The van der Waals surface area contributed by atoms with Gasteiger partial charge in [0.2, 0.25) is 11.5 Å². The lowest BCUT2D eigenvalue weighted by molar-refractivity contribution is -0.133. The molecule has 0 aliphatic carbocycles. The number of hydrogen-bond donors (Lipinski definition) is 0. The van der Waals surface area contributed by atoms with Crippen LogP contribution in [0.25, 0.3) is 10.8 Å². The molecule has 0 amide bonds. The fraction of sp³-hybridized carbons (Fsp3) is 0.294. The number of rotatable bonds is 5. The Morgan fingerprint density at radius 1 is 0.880 bits per heavy atom. The molecule has 0 aromatic heterocycles. The minimum atomic E-state index is -1.26. The lowest BCUT2D eigenvalue weighted by atomic mass is 10.1. The number of esters is 2. The molecule has 0 aliphatic rings. The highest BCUT2D eigenvalue weighted by atomic mass is 32.2. The molecule has 2 aromatic rings. The average molecular weight is 366 g/mol. The van der Waals surface area contributed by atoms with Crippen molar-refractivity contribution in [2.75, 3.05) is 20.5 Å². The molecule has 134 valence electrons. The molecular weight excluding hydrogens is 348 g/mol. The van der Waals surface area contributed by atoms with Crippen LogP contribution >= 0.6 is 0 Å². The summed E-state index contributed by atoms with van der Waals surface area (Å²) in [4.78, 5) is 23.6. The van der Waals surface area contributed by atoms with Gasteiger partial charge in [0.05, 0.1) is 14.2 Å². The van der Waals surface area contributed by atoms with E-state index in [-0.39, 0.29) is 23.0 Å². The van der Waals surface area contributed by atoms with Crippen LogP contribution in [0.15, 0.2) is 23.1 Å². The predicted octanol–water partition coefficient (Wildman–Crippen LogP) is 2.45. The van der Waals surface area contributed by atoms with Gasteiger partial charge in [-0.2, -0.15) is 0 Å². The van der Waals surface area contributed by atoms with Crippen molar-refractivity contribution in [1.29, 1.82) is 0 Å². The van der Waals surface area contributed by atoms with E-state index in [4.69, 9.17) is 18.9 Å². The van der Waals surface area contributed by atoms with Gasteiger partial charge in [-0.05, 0) is 23.3 Å². The van der Waals surface area contributed by atoms with Crippen molar-refractivity contribution >= 4 is 33.9 Å². The van der Waals surface area contributed by atoms with Gasteiger partial charge in [-0.25, -0.2) is 0 Å². The summed E-state index contributed by atoms with van der Waals surface area (Å²) < 4.78 is 33.1. The second kappa shape index (κ2) is 7.62. The Bertz CT molecular complexity index is 830. The summed E-state index contributed by atoms with van der Waals surface area (Å²) in [5.41, 5.74) is 0. The Morgan fingerprint density at radius 3 is 1.76 bits per heavy atom. The smallest absolute Gasteiger partial charge is 0.308 e. The van der Waals surface area contributed by atoms with E-state index < -0.39 is 23.1 Å². The first-order valence-electron chi connectivity index (χ1n) is 7.22. The highest BCUT2D eigenvalue weighted by molar-refractivity contribution is 7.90. The summed E-state index contributed by atoms with van der Waals surface area (Å²) in [6, 6.07) is 4.85. The molecule has 0 heterocycles. The largest absolute Gasteiger partial charge is 0.612 e. The van der Waals surface area contributed by atoms with Gasteiger partial charge in [-0.1, -0.05) is 0 Å². The second-order valence-corrected chi connectivity index (χ2v) is 6.45. The topological polar surface area (TPSA) is 94.1 Å². The highest BCUT2D eigenvalue weighted by Crippen LogP contribution is 2.51. The fourth-order valence-electron chi connectivity index (χ4n) is 2.40. The summed E-state index contributed by atoms with van der Waals surface area (Å²) in [7, 11) is 2.75. The first-order chi connectivity index (χ1) is 11.8. The molecule has 8 heteroatoms. The van der Waals surface area contributed by atoms with Gasteiger partial charge in [-0.15, -0.1) is 0 Å². The van der Waals surface area contributed by atoms with Gasteiger partial charge in [0, 0.05) is 30.7 Å². The van der Waals surface area contributed by atoms with Crippen molar-refractivity contribution in [3.05, 3.63) is 18.2 Å². The van der Waals surface area contributed by atoms with Crippen molar-refractivity contribution in [1.82, 2.24) is 0 Å². The van der Waals surface area contributed by atoms with Crippen molar-refractivity contribution < 1.29 is 33.1 Å². The molecule has 0 spiro atoms. The van der Waals surface area contributed by atoms with Crippen molar-refractivity contribution in [2.45, 2.75) is 18.7 Å². The minimum Gasteiger partial charge on any atom is -0.612 e. The number of fused-ring (bicyclic) bond motifs is 1. The number of carbonyl (C=O) groups excluding carboxylic acids is 2. The molecule has 1 atom stereocenters. The monoisotopic (exact) mass is 366 g/mol. The number of carbonyl (C=O) groups is 2. The number of methoxy groups -OCH3 is 2. The third-order valence-electron chi connectivity index (χ3n) is 3.33. The molecule has 0 bridgehead atoms. The van der Waals surface area contributed by atoms with Gasteiger partial charge in [0.25, 0.3) is 0 Å². The molecule has 25 heavy (non-hydrogen) atoms. The number of ether oxygens (including phenoxy) is 4. The zero-order valence-electron chi connectivity index (χ0n) is 14.5. The molecule has 2 rings (SSSR count). The molecule has 0 saturated heterocycles. The van der Waals surface area contributed by atoms with Gasteiger partial charge in [0.1, 0.15) is 6.26 Å². The van der Waals surface area contributed by atoms with Crippen LogP contribution < -0.4 is 18.9 Å². The summed E-state index contributed by atoms with van der Waals surface area (Å²) in [6.45, 7) is 2.51. The Hall–Kier alpha value is -2.45. The van der Waals surface area contributed by atoms with Crippen LogP contribution in [0.1, 0.15) is 13.8 Å². The average Bonchev–Trinajstić information content (AvgIpc) is 2.54. The number of benzene rings is 2. The molecule has 1 unspecified atom stereocenters. The first kappa shape index (κ1) is 18.9. The van der Waals surface area contributed by atoms with E-state index in [1.54, 1.807) is 18.2 Å². The molecule has 0 radical (unpaired) electrons. The van der Waals surface area contributed by atoms with E-state index >= 15 is 0 Å². The van der Waals surface area contributed by atoms with E-state index in [9.17, 15) is 14.1 Å². The van der Waals surface area contributed by atoms with Gasteiger partial charge < -0.3 is 23.5 Å². The van der Waals surface area contributed by atoms with Crippen LogP contribution in [0.2, 0.25) is 0 Å². The van der Waals surface area contributed by atoms with Crippen molar-refractivity contribution in [3.63, 3.8) is 0 Å². The Morgan fingerprint density at radius 2 is 1.36 bits per heavy atom. The van der Waals surface area contributed by atoms with Gasteiger partial charge in [0.15, 0.2) is 16.4 Å². The molecule has 0 saturated carbocycles. The molecule has 2 aromatic carbocycles. The van der Waals surface area contributed by atoms with Crippen LogP contribution in [0.5, 0.6) is 23.0 Å². The highest BCUT2D eigenvalue weighted by Gasteiger charge is 2.26.